The predicted octanol–water partition coefficient (Wildman–Crippen LogP) is 0.281. The quantitative estimate of drug-likeness (QED) is 0.490. The molecule has 13 heavy (non-hydrogen) atoms. The molecule has 0 rings (SSSR count). The minimum absolute atomic E-state index is 0.187. The van der Waals surface area contributed by atoms with Gasteiger partial charge in [-0.2, -0.15) is 0 Å². The van der Waals surface area contributed by atoms with E-state index in [1.54, 1.807) is 0 Å². The summed E-state index contributed by atoms with van der Waals surface area (Å²) in [5.74, 6) is -0.498. The summed E-state index contributed by atoms with van der Waals surface area (Å²) >= 11 is 0. The Labute approximate surface area is 77.9 Å². The van der Waals surface area contributed by atoms with Gasteiger partial charge in [0.25, 0.3) is 0 Å². The van der Waals surface area contributed by atoms with Gasteiger partial charge in [0.1, 0.15) is 0 Å². The Hall–Kier alpha value is -1.58. The van der Waals surface area contributed by atoms with Gasteiger partial charge in [0.15, 0.2) is 0 Å². The van der Waals surface area contributed by atoms with Gasteiger partial charge in [-0.25, -0.2) is 0 Å². The normalized spacial score (nSPS) is 8.69. The number of carbonyl (C=O) groups is 2. The topological polar surface area (TPSA) is 49.4 Å². The van der Waals surface area contributed by atoms with E-state index in [1.165, 1.54) is 11.0 Å². The Balaban J connectivity index is 3.98. The molecule has 4 nitrogen and oxygen atoms in total. The lowest BCUT2D eigenvalue weighted by atomic mass is 10.5. The summed E-state index contributed by atoms with van der Waals surface area (Å²) in [5, 5.41) is 2.50. The van der Waals surface area contributed by atoms with Gasteiger partial charge >= 0.3 is 0 Å². The molecule has 0 aliphatic heterocycles. The highest BCUT2D eigenvalue weighted by atomic mass is 16.2. The van der Waals surface area contributed by atoms with Crippen molar-refractivity contribution in [3.05, 3.63) is 25.3 Å². The van der Waals surface area contributed by atoms with Crippen molar-refractivity contribution in [2.24, 2.45) is 0 Å². The molecular weight excluding hydrogens is 168 g/mol. The monoisotopic (exact) mass is 182 g/mol. The molecule has 2 amide bonds. The van der Waals surface area contributed by atoms with Gasteiger partial charge in [0.2, 0.25) is 11.8 Å². The molecule has 0 atom stereocenters. The van der Waals surface area contributed by atoms with Crippen LogP contribution in [0.5, 0.6) is 0 Å². The van der Waals surface area contributed by atoms with Gasteiger partial charge in [-0.05, 0) is 19.1 Å². The van der Waals surface area contributed by atoms with Crippen molar-refractivity contribution < 1.29 is 9.59 Å². The average molecular weight is 182 g/mol. The number of nitrogens with one attached hydrogen (secondary N) is 1. The third kappa shape index (κ3) is 4.10. The van der Waals surface area contributed by atoms with Crippen molar-refractivity contribution in [2.45, 2.75) is 6.92 Å². The van der Waals surface area contributed by atoms with Crippen molar-refractivity contribution in [3.8, 4) is 0 Å². The molecule has 0 aromatic heterocycles. The van der Waals surface area contributed by atoms with Crippen molar-refractivity contribution >= 4 is 11.8 Å². The zero-order valence-corrected chi connectivity index (χ0v) is 7.75. The second kappa shape index (κ2) is 5.99. The summed E-state index contributed by atoms with van der Waals surface area (Å²) in [4.78, 5) is 23.3. The Morgan fingerprint density at radius 2 is 2.00 bits per heavy atom. The van der Waals surface area contributed by atoms with E-state index >= 15 is 0 Å². The number of amides is 2. The van der Waals surface area contributed by atoms with Gasteiger partial charge in [-0.3, -0.25) is 9.59 Å². The number of rotatable bonds is 5. The molecule has 1 N–H and O–H groups in total. The minimum Gasteiger partial charge on any atom is -0.335 e. The molecule has 0 saturated carbocycles. The highest BCUT2D eigenvalue weighted by Gasteiger charge is 2.06. The lowest BCUT2D eigenvalue weighted by molar-refractivity contribution is -0.127. The fourth-order valence-electron chi connectivity index (χ4n) is 0.720. The molecule has 0 bridgehead atoms. The lowest BCUT2D eigenvalue weighted by Crippen LogP contribution is -2.39. The highest BCUT2D eigenvalue weighted by Crippen LogP contribution is 1.87. The average Bonchev–Trinajstić information content (AvgIpc) is 2.17. The summed E-state index contributed by atoms with van der Waals surface area (Å²) in [6.07, 6.45) is 2.37. The summed E-state index contributed by atoms with van der Waals surface area (Å²) < 4.78 is 0. The lowest BCUT2D eigenvalue weighted by Gasteiger charge is -2.18. The van der Waals surface area contributed by atoms with E-state index in [1.807, 2.05) is 6.92 Å². The first kappa shape index (κ1) is 11.4. The molecule has 0 saturated heterocycles. The van der Waals surface area contributed by atoms with E-state index in [9.17, 15) is 9.59 Å². The zero-order valence-electron chi connectivity index (χ0n) is 7.75. The largest absolute Gasteiger partial charge is 0.335 e. The Kier molecular flexibility index (Phi) is 5.27. The maximum atomic E-state index is 11.1. The predicted molar refractivity (Wildman–Crippen MR) is 50.8 cm³/mol. The minimum atomic E-state index is -0.296. The number of hydrogen-bond acceptors (Lipinski definition) is 2. The molecule has 4 heteroatoms. The highest BCUT2D eigenvalue weighted by molar-refractivity contribution is 5.89. The maximum Gasteiger partial charge on any atom is 0.247 e. The summed E-state index contributed by atoms with van der Waals surface area (Å²) in [6.45, 7) is 9.18. The van der Waals surface area contributed by atoms with E-state index in [2.05, 4.69) is 18.5 Å². The second-order valence-corrected chi connectivity index (χ2v) is 2.30. The molecule has 0 aromatic rings. The third-order valence-corrected chi connectivity index (χ3v) is 1.50. The Bertz CT molecular complexity index is 224. The summed E-state index contributed by atoms with van der Waals surface area (Å²) in [6, 6.07) is 0. The standard InChI is InChI=1S/C9H14N2O2/c1-4-8(12)10-7-11(6-3)9(13)5-2/h4-5H,1-2,6-7H2,3H3,(H,10,12). The van der Waals surface area contributed by atoms with Crippen molar-refractivity contribution in [2.75, 3.05) is 13.2 Å². The van der Waals surface area contributed by atoms with Crippen LogP contribution < -0.4 is 5.32 Å². The first-order valence-corrected chi connectivity index (χ1v) is 3.97. The molecule has 0 fully saturated rings. The van der Waals surface area contributed by atoms with Crippen molar-refractivity contribution in [1.29, 1.82) is 0 Å². The van der Waals surface area contributed by atoms with Gasteiger partial charge in [-0.1, -0.05) is 13.2 Å². The van der Waals surface area contributed by atoms with Crippen LogP contribution in [-0.2, 0) is 9.59 Å². The second-order valence-electron chi connectivity index (χ2n) is 2.30. The zero-order chi connectivity index (χ0) is 10.3. The van der Waals surface area contributed by atoms with Gasteiger partial charge in [0.05, 0.1) is 6.67 Å². The summed E-state index contributed by atoms with van der Waals surface area (Å²) in [5.41, 5.74) is 0. The Morgan fingerprint density at radius 3 is 2.38 bits per heavy atom. The van der Waals surface area contributed by atoms with Crippen LogP contribution in [0.15, 0.2) is 25.3 Å². The van der Waals surface area contributed by atoms with E-state index in [0.717, 1.165) is 6.08 Å². The SMILES string of the molecule is C=CC(=O)NCN(CC)C(=O)C=C. The van der Waals surface area contributed by atoms with Crippen LogP contribution in [0.25, 0.3) is 0 Å². The fraction of sp³-hybridized carbons (Fsp3) is 0.333. The van der Waals surface area contributed by atoms with Crippen LogP contribution in [0, 0.1) is 0 Å². The van der Waals surface area contributed by atoms with Crippen LogP contribution in [0.1, 0.15) is 6.92 Å². The molecule has 0 heterocycles. The van der Waals surface area contributed by atoms with E-state index in [4.69, 9.17) is 0 Å². The fourth-order valence-corrected chi connectivity index (χ4v) is 0.720. The van der Waals surface area contributed by atoms with Crippen LogP contribution in [-0.4, -0.2) is 29.9 Å². The van der Waals surface area contributed by atoms with Crippen LogP contribution in [0.4, 0.5) is 0 Å². The molecule has 0 aromatic carbocycles. The van der Waals surface area contributed by atoms with E-state index in [-0.39, 0.29) is 18.5 Å². The third-order valence-electron chi connectivity index (χ3n) is 1.50. The van der Waals surface area contributed by atoms with Crippen molar-refractivity contribution in [1.82, 2.24) is 10.2 Å². The number of likely N-dealkylation sites (N-methyl/N-ethyl adjacent to an activating group) is 1. The smallest absolute Gasteiger partial charge is 0.247 e. The number of hydrogen-bond donors (Lipinski definition) is 1. The van der Waals surface area contributed by atoms with Crippen LogP contribution in [0.3, 0.4) is 0 Å². The number of carbonyl (C=O) groups excluding carboxylic acids is 2. The molecule has 0 aliphatic carbocycles. The van der Waals surface area contributed by atoms with Gasteiger partial charge in [-0.15, -0.1) is 0 Å². The molecular formula is C9H14N2O2. The molecule has 0 unspecified atom stereocenters. The molecule has 0 radical (unpaired) electrons. The first-order chi connectivity index (χ1) is 6.15. The molecule has 72 valence electrons. The first-order valence-electron chi connectivity index (χ1n) is 3.97. The molecule has 0 aliphatic rings. The van der Waals surface area contributed by atoms with E-state index in [0.29, 0.717) is 6.54 Å². The number of nitrogens with zero attached hydrogens (tertiary/aromatic N) is 1. The van der Waals surface area contributed by atoms with E-state index < -0.39 is 0 Å². The van der Waals surface area contributed by atoms with Crippen molar-refractivity contribution in [3.63, 3.8) is 0 Å². The molecule has 0 spiro atoms. The maximum absolute atomic E-state index is 11.1. The van der Waals surface area contributed by atoms with Gasteiger partial charge < -0.3 is 10.2 Å². The van der Waals surface area contributed by atoms with Crippen LogP contribution >= 0.6 is 0 Å². The Morgan fingerprint density at radius 1 is 1.38 bits per heavy atom. The summed E-state index contributed by atoms with van der Waals surface area (Å²) in [7, 11) is 0. The van der Waals surface area contributed by atoms with Gasteiger partial charge in [0, 0.05) is 6.54 Å². The van der Waals surface area contributed by atoms with Crippen LogP contribution in [0.2, 0.25) is 0 Å².